The zero-order valence-corrected chi connectivity index (χ0v) is 13.1. The van der Waals surface area contributed by atoms with Gasteiger partial charge in [0.05, 0.1) is 17.7 Å². The highest BCUT2D eigenvalue weighted by Gasteiger charge is 2.33. The van der Waals surface area contributed by atoms with Crippen molar-refractivity contribution in [2.45, 2.75) is 57.8 Å². The van der Waals surface area contributed by atoms with Crippen LogP contribution in [0.15, 0.2) is 24.3 Å². The minimum absolute atomic E-state index is 0.183. The molecule has 3 nitrogen and oxygen atoms in total. The normalized spacial score (nSPS) is 19.4. The van der Waals surface area contributed by atoms with Crippen molar-refractivity contribution in [3.05, 3.63) is 29.8 Å². The van der Waals surface area contributed by atoms with Crippen molar-refractivity contribution in [2.24, 2.45) is 0 Å². The minimum Gasteiger partial charge on any atom is -0.490 e. The maximum Gasteiger partial charge on any atom is 0.119 e. The molecule has 0 saturated heterocycles. The Labute approximate surface area is 122 Å². The highest BCUT2D eigenvalue weighted by atomic mass is 16.5. The molecule has 0 bridgehead atoms. The highest BCUT2D eigenvalue weighted by Crippen LogP contribution is 2.33. The van der Waals surface area contributed by atoms with E-state index >= 15 is 0 Å². The van der Waals surface area contributed by atoms with Crippen molar-refractivity contribution in [1.29, 1.82) is 0 Å². The lowest BCUT2D eigenvalue weighted by atomic mass is 9.87. The molecule has 2 unspecified atom stereocenters. The quantitative estimate of drug-likeness (QED) is 0.786. The van der Waals surface area contributed by atoms with Gasteiger partial charge in [-0.15, -0.1) is 0 Å². The van der Waals surface area contributed by atoms with Gasteiger partial charge in [-0.2, -0.15) is 0 Å². The standard InChI is InChI=1S/C17H27NO2/c1-5-17(3,19-6-2)16(18-4)13-7-9-14(10-8-13)20-15-11-12-15/h7-10,15-16,18H,5-6,11-12H2,1-4H3. The summed E-state index contributed by atoms with van der Waals surface area (Å²) in [6, 6.07) is 8.61. The van der Waals surface area contributed by atoms with Crippen molar-refractivity contribution in [1.82, 2.24) is 5.32 Å². The number of rotatable bonds is 8. The summed E-state index contributed by atoms with van der Waals surface area (Å²) in [5.41, 5.74) is 1.05. The van der Waals surface area contributed by atoms with Gasteiger partial charge in [0.1, 0.15) is 5.75 Å². The highest BCUT2D eigenvalue weighted by molar-refractivity contribution is 5.31. The lowest BCUT2D eigenvalue weighted by Crippen LogP contribution is -2.42. The molecule has 0 radical (unpaired) electrons. The molecule has 1 aliphatic carbocycles. The summed E-state index contributed by atoms with van der Waals surface area (Å²) in [4.78, 5) is 0. The van der Waals surface area contributed by atoms with Gasteiger partial charge in [-0.25, -0.2) is 0 Å². The van der Waals surface area contributed by atoms with Gasteiger partial charge in [0.25, 0.3) is 0 Å². The predicted molar refractivity (Wildman–Crippen MR) is 82.2 cm³/mol. The zero-order chi connectivity index (χ0) is 14.6. The Morgan fingerprint density at radius 2 is 1.90 bits per heavy atom. The van der Waals surface area contributed by atoms with Gasteiger partial charge in [0.15, 0.2) is 0 Å². The van der Waals surface area contributed by atoms with Gasteiger partial charge in [-0.3, -0.25) is 0 Å². The Bertz CT molecular complexity index is 414. The van der Waals surface area contributed by atoms with Gasteiger partial charge >= 0.3 is 0 Å². The number of benzene rings is 1. The first-order valence-corrected chi connectivity index (χ1v) is 7.70. The molecule has 20 heavy (non-hydrogen) atoms. The molecular formula is C17H27NO2. The zero-order valence-electron chi connectivity index (χ0n) is 13.1. The van der Waals surface area contributed by atoms with Crippen molar-refractivity contribution >= 4 is 0 Å². The van der Waals surface area contributed by atoms with E-state index in [1.165, 1.54) is 18.4 Å². The van der Waals surface area contributed by atoms with Crippen LogP contribution in [0.25, 0.3) is 0 Å². The monoisotopic (exact) mass is 277 g/mol. The number of hydrogen-bond acceptors (Lipinski definition) is 3. The third kappa shape index (κ3) is 3.53. The largest absolute Gasteiger partial charge is 0.490 e. The van der Waals surface area contributed by atoms with Gasteiger partial charge in [0, 0.05) is 6.61 Å². The molecule has 112 valence electrons. The second kappa shape index (κ2) is 6.59. The molecule has 1 saturated carbocycles. The number of hydrogen-bond donors (Lipinski definition) is 1. The van der Waals surface area contributed by atoms with Gasteiger partial charge < -0.3 is 14.8 Å². The summed E-state index contributed by atoms with van der Waals surface area (Å²) >= 11 is 0. The lowest BCUT2D eigenvalue weighted by molar-refractivity contribution is -0.0547. The SMILES string of the molecule is CCOC(C)(CC)C(NC)c1ccc(OC2CC2)cc1. The molecule has 0 heterocycles. The summed E-state index contributed by atoms with van der Waals surface area (Å²) in [7, 11) is 1.99. The second-order valence-corrected chi connectivity index (χ2v) is 5.71. The Morgan fingerprint density at radius 3 is 2.35 bits per heavy atom. The van der Waals surface area contributed by atoms with Crippen LogP contribution in [0.3, 0.4) is 0 Å². The van der Waals surface area contributed by atoms with E-state index in [2.05, 4.69) is 43.4 Å². The average molecular weight is 277 g/mol. The topological polar surface area (TPSA) is 30.5 Å². The lowest BCUT2D eigenvalue weighted by Gasteiger charge is -2.37. The average Bonchev–Trinajstić information content (AvgIpc) is 3.26. The molecule has 0 spiro atoms. The van der Waals surface area contributed by atoms with Crippen LogP contribution in [0.2, 0.25) is 0 Å². The molecule has 1 aromatic carbocycles. The second-order valence-electron chi connectivity index (χ2n) is 5.71. The predicted octanol–water partition coefficient (Wildman–Crippen LogP) is 3.69. The molecule has 1 fully saturated rings. The molecule has 1 aromatic rings. The van der Waals surface area contributed by atoms with Gasteiger partial charge in [-0.1, -0.05) is 19.1 Å². The van der Waals surface area contributed by atoms with Crippen molar-refractivity contribution in [3.63, 3.8) is 0 Å². The number of ether oxygens (including phenoxy) is 2. The van der Waals surface area contributed by atoms with Crippen molar-refractivity contribution in [2.75, 3.05) is 13.7 Å². The molecular weight excluding hydrogens is 250 g/mol. The maximum atomic E-state index is 6.00. The number of likely N-dealkylation sites (N-methyl/N-ethyl adjacent to an activating group) is 1. The van der Waals surface area contributed by atoms with Gasteiger partial charge in [-0.05, 0) is 57.9 Å². The molecule has 2 atom stereocenters. The van der Waals surface area contributed by atoms with E-state index < -0.39 is 0 Å². The molecule has 1 aliphatic rings. The van der Waals surface area contributed by atoms with Crippen LogP contribution < -0.4 is 10.1 Å². The Morgan fingerprint density at radius 1 is 1.25 bits per heavy atom. The van der Waals surface area contributed by atoms with Crippen LogP contribution in [-0.2, 0) is 4.74 Å². The maximum absolute atomic E-state index is 6.00. The molecule has 2 rings (SSSR count). The van der Waals surface area contributed by atoms with E-state index in [9.17, 15) is 0 Å². The van der Waals surface area contributed by atoms with Crippen LogP contribution in [0, 0.1) is 0 Å². The molecule has 1 N–H and O–H groups in total. The third-order valence-corrected chi connectivity index (χ3v) is 4.12. The van der Waals surface area contributed by atoms with Crippen LogP contribution in [0.4, 0.5) is 0 Å². The first-order chi connectivity index (χ1) is 9.62. The fourth-order valence-electron chi connectivity index (χ4n) is 2.66. The molecule has 0 amide bonds. The van der Waals surface area contributed by atoms with E-state index in [0.29, 0.717) is 6.10 Å². The molecule has 0 aromatic heterocycles. The van der Waals surface area contributed by atoms with E-state index in [-0.39, 0.29) is 11.6 Å². The Kier molecular flexibility index (Phi) is 5.06. The van der Waals surface area contributed by atoms with Crippen LogP contribution in [-0.4, -0.2) is 25.4 Å². The summed E-state index contributed by atoms with van der Waals surface area (Å²) in [5, 5.41) is 3.40. The van der Waals surface area contributed by atoms with Gasteiger partial charge in [0.2, 0.25) is 0 Å². The fraction of sp³-hybridized carbons (Fsp3) is 0.647. The van der Waals surface area contributed by atoms with Crippen LogP contribution in [0.1, 0.15) is 51.6 Å². The third-order valence-electron chi connectivity index (χ3n) is 4.12. The molecule has 0 aliphatic heterocycles. The fourth-order valence-corrected chi connectivity index (χ4v) is 2.66. The summed E-state index contributed by atoms with van der Waals surface area (Å²) < 4.78 is 11.8. The minimum atomic E-state index is -0.192. The smallest absolute Gasteiger partial charge is 0.119 e. The first kappa shape index (κ1) is 15.3. The molecule has 3 heteroatoms. The van der Waals surface area contributed by atoms with Crippen LogP contribution >= 0.6 is 0 Å². The van der Waals surface area contributed by atoms with E-state index in [0.717, 1.165) is 18.8 Å². The Balaban J connectivity index is 2.12. The number of nitrogens with one attached hydrogen (secondary N) is 1. The van der Waals surface area contributed by atoms with Crippen LogP contribution in [0.5, 0.6) is 5.75 Å². The van der Waals surface area contributed by atoms with E-state index in [1.807, 2.05) is 14.0 Å². The first-order valence-electron chi connectivity index (χ1n) is 7.70. The van der Waals surface area contributed by atoms with E-state index in [4.69, 9.17) is 9.47 Å². The van der Waals surface area contributed by atoms with E-state index in [1.54, 1.807) is 0 Å². The summed E-state index contributed by atoms with van der Waals surface area (Å²) in [6.45, 7) is 7.12. The summed E-state index contributed by atoms with van der Waals surface area (Å²) in [6.07, 6.45) is 3.80. The van der Waals surface area contributed by atoms with Crippen molar-refractivity contribution < 1.29 is 9.47 Å². The van der Waals surface area contributed by atoms with Crippen molar-refractivity contribution in [3.8, 4) is 5.75 Å². The summed E-state index contributed by atoms with van der Waals surface area (Å²) in [5.74, 6) is 0.973. The Hall–Kier alpha value is -1.06.